The minimum Gasteiger partial charge on any atom is -0.450 e. The molecule has 4 aromatic rings. The molecule has 3 heterocycles. The number of benzene rings is 1. The van der Waals surface area contributed by atoms with Gasteiger partial charge in [0.1, 0.15) is 5.82 Å². The molecule has 0 fully saturated rings. The van der Waals surface area contributed by atoms with Crippen LogP contribution in [0, 0.1) is 0 Å². The molecule has 7 heteroatoms. The molecule has 0 unspecified atom stereocenters. The van der Waals surface area contributed by atoms with E-state index in [0.717, 1.165) is 16.7 Å². The Bertz CT molecular complexity index is 1080. The SMILES string of the molecule is CCOC(=O)Nc1cc(-c2ccncc2)cc2nc(-c3ccccc3)nn12. The largest absolute Gasteiger partial charge is 0.450 e. The molecule has 0 atom stereocenters. The second-order valence-corrected chi connectivity index (χ2v) is 5.78. The van der Waals surface area contributed by atoms with Gasteiger partial charge in [-0.1, -0.05) is 30.3 Å². The summed E-state index contributed by atoms with van der Waals surface area (Å²) in [5, 5.41) is 7.30. The Balaban J connectivity index is 1.85. The van der Waals surface area contributed by atoms with Gasteiger partial charge in [0.2, 0.25) is 0 Å². The number of nitrogens with one attached hydrogen (secondary N) is 1. The summed E-state index contributed by atoms with van der Waals surface area (Å²) in [5.74, 6) is 1.06. The zero-order valence-corrected chi connectivity index (χ0v) is 14.7. The maximum Gasteiger partial charge on any atom is 0.412 e. The number of amides is 1. The van der Waals surface area contributed by atoms with Crippen LogP contribution in [0.2, 0.25) is 0 Å². The van der Waals surface area contributed by atoms with E-state index in [1.54, 1.807) is 23.8 Å². The summed E-state index contributed by atoms with van der Waals surface area (Å²) in [6.45, 7) is 2.04. The van der Waals surface area contributed by atoms with Gasteiger partial charge in [0, 0.05) is 18.0 Å². The van der Waals surface area contributed by atoms with Crippen molar-refractivity contribution in [2.24, 2.45) is 0 Å². The van der Waals surface area contributed by atoms with Crippen LogP contribution in [0.3, 0.4) is 0 Å². The first-order chi connectivity index (χ1) is 13.2. The monoisotopic (exact) mass is 359 g/mol. The molecule has 3 aromatic heterocycles. The van der Waals surface area contributed by atoms with Gasteiger partial charge in [-0.05, 0) is 42.3 Å². The molecule has 7 nitrogen and oxygen atoms in total. The highest BCUT2D eigenvalue weighted by Crippen LogP contribution is 2.26. The maximum absolute atomic E-state index is 12.0. The van der Waals surface area contributed by atoms with E-state index in [9.17, 15) is 4.79 Å². The summed E-state index contributed by atoms with van der Waals surface area (Å²) in [7, 11) is 0. The van der Waals surface area contributed by atoms with Crippen molar-refractivity contribution in [1.82, 2.24) is 19.6 Å². The molecular weight excluding hydrogens is 342 g/mol. The lowest BCUT2D eigenvalue weighted by molar-refractivity contribution is 0.167. The normalized spacial score (nSPS) is 10.7. The van der Waals surface area contributed by atoms with Crippen LogP contribution in [0.5, 0.6) is 0 Å². The van der Waals surface area contributed by atoms with Crippen LogP contribution in [0.1, 0.15) is 6.92 Å². The highest BCUT2D eigenvalue weighted by Gasteiger charge is 2.14. The fourth-order valence-electron chi connectivity index (χ4n) is 2.77. The van der Waals surface area contributed by atoms with E-state index in [1.165, 1.54) is 0 Å². The van der Waals surface area contributed by atoms with Crippen molar-refractivity contribution >= 4 is 17.6 Å². The number of fused-ring (bicyclic) bond motifs is 1. The van der Waals surface area contributed by atoms with E-state index in [1.807, 2.05) is 54.6 Å². The van der Waals surface area contributed by atoms with E-state index in [-0.39, 0.29) is 6.61 Å². The average molecular weight is 359 g/mol. The van der Waals surface area contributed by atoms with Gasteiger partial charge in [0.15, 0.2) is 11.5 Å². The highest BCUT2D eigenvalue weighted by atomic mass is 16.5. The van der Waals surface area contributed by atoms with Gasteiger partial charge in [-0.25, -0.2) is 9.78 Å². The molecule has 0 aliphatic rings. The van der Waals surface area contributed by atoms with Gasteiger partial charge in [-0.2, -0.15) is 4.52 Å². The van der Waals surface area contributed by atoms with Crippen molar-refractivity contribution in [1.29, 1.82) is 0 Å². The second kappa shape index (κ2) is 7.25. The number of hydrogen-bond acceptors (Lipinski definition) is 5. The summed E-state index contributed by atoms with van der Waals surface area (Å²) in [6, 6.07) is 17.2. The van der Waals surface area contributed by atoms with Gasteiger partial charge in [0.05, 0.1) is 6.61 Å². The van der Waals surface area contributed by atoms with Gasteiger partial charge in [-0.15, -0.1) is 5.10 Å². The molecule has 1 aromatic carbocycles. The zero-order valence-electron chi connectivity index (χ0n) is 14.7. The molecule has 0 radical (unpaired) electrons. The topological polar surface area (TPSA) is 81.4 Å². The lowest BCUT2D eigenvalue weighted by atomic mass is 10.1. The van der Waals surface area contributed by atoms with Crippen LogP contribution < -0.4 is 5.32 Å². The summed E-state index contributed by atoms with van der Waals surface area (Å²) >= 11 is 0. The van der Waals surface area contributed by atoms with Crippen LogP contribution >= 0.6 is 0 Å². The van der Waals surface area contributed by atoms with Crippen LogP contribution in [-0.2, 0) is 4.74 Å². The molecular formula is C20H17N5O2. The number of aromatic nitrogens is 4. The number of carbonyl (C=O) groups excluding carboxylic acids is 1. The molecule has 0 saturated heterocycles. The standard InChI is InChI=1S/C20H17N5O2/c1-2-27-20(26)23-18-13-16(14-8-10-21-11-9-14)12-17-22-19(24-25(17)18)15-6-4-3-5-7-15/h3-13H,2H2,1H3,(H,23,26). The summed E-state index contributed by atoms with van der Waals surface area (Å²) in [6.07, 6.45) is 2.90. The third-order valence-corrected chi connectivity index (χ3v) is 3.99. The number of nitrogens with zero attached hydrogens (tertiary/aromatic N) is 4. The number of ether oxygens (including phenoxy) is 1. The van der Waals surface area contributed by atoms with E-state index in [0.29, 0.717) is 17.3 Å². The fraction of sp³-hybridized carbons (Fsp3) is 0.100. The van der Waals surface area contributed by atoms with Crippen molar-refractivity contribution in [3.63, 3.8) is 0 Å². The number of anilines is 1. The number of hydrogen-bond donors (Lipinski definition) is 1. The van der Waals surface area contributed by atoms with Gasteiger partial charge < -0.3 is 4.74 Å². The van der Waals surface area contributed by atoms with Crippen molar-refractivity contribution in [3.8, 4) is 22.5 Å². The summed E-state index contributed by atoms with van der Waals surface area (Å²) in [5.41, 5.74) is 3.37. The lowest BCUT2D eigenvalue weighted by Crippen LogP contribution is -2.16. The third kappa shape index (κ3) is 3.48. The minimum absolute atomic E-state index is 0.283. The zero-order chi connectivity index (χ0) is 18.6. The number of carbonyl (C=O) groups is 1. The quantitative estimate of drug-likeness (QED) is 0.595. The molecule has 1 N–H and O–H groups in total. The van der Waals surface area contributed by atoms with Crippen LogP contribution in [0.4, 0.5) is 10.6 Å². The molecule has 0 spiro atoms. The first-order valence-corrected chi connectivity index (χ1v) is 8.55. The third-order valence-electron chi connectivity index (χ3n) is 3.99. The lowest BCUT2D eigenvalue weighted by Gasteiger charge is -2.09. The van der Waals surface area contributed by atoms with E-state index in [2.05, 4.69) is 20.4 Å². The highest BCUT2D eigenvalue weighted by molar-refractivity contribution is 5.86. The summed E-state index contributed by atoms with van der Waals surface area (Å²) < 4.78 is 6.61. The van der Waals surface area contributed by atoms with Crippen molar-refractivity contribution in [2.75, 3.05) is 11.9 Å². The molecule has 134 valence electrons. The fourth-order valence-corrected chi connectivity index (χ4v) is 2.77. The predicted octanol–water partition coefficient (Wildman–Crippen LogP) is 4.03. The van der Waals surface area contributed by atoms with Gasteiger partial charge >= 0.3 is 6.09 Å². The van der Waals surface area contributed by atoms with Crippen LogP contribution in [0.15, 0.2) is 67.0 Å². The van der Waals surface area contributed by atoms with E-state index >= 15 is 0 Å². The Morgan fingerprint density at radius 2 is 1.81 bits per heavy atom. The molecule has 27 heavy (non-hydrogen) atoms. The Labute approximate surface area is 155 Å². The Morgan fingerprint density at radius 1 is 1.04 bits per heavy atom. The molecule has 1 amide bonds. The van der Waals surface area contributed by atoms with Crippen LogP contribution in [0.25, 0.3) is 28.2 Å². The van der Waals surface area contributed by atoms with E-state index < -0.39 is 6.09 Å². The minimum atomic E-state index is -0.539. The van der Waals surface area contributed by atoms with Crippen molar-refractivity contribution in [2.45, 2.75) is 6.92 Å². The smallest absolute Gasteiger partial charge is 0.412 e. The van der Waals surface area contributed by atoms with Gasteiger partial charge in [-0.3, -0.25) is 10.3 Å². The molecule has 0 bridgehead atoms. The van der Waals surface area contributed by atoms with Gasteiger partial charge in [0.25, 0.3) is 0 Å². The Morgan fingerprint density at radius 3 is 2.56 bits per heavy atom. The predicted molar refractivity (Wildman–Crippen MR) is 102 cm³/mol. The molecule has 0 aliphatic carbocycles. The summed E-state index contributed by atoms with van der Waals surface area (Å²) in [4.78, 5) is 20.7. The first-order valence-electron chi connectivity index (χ1n) is 8.55. The first kappa shape index (κ1) is 16.7. The van der Waals surface area contributed by atoms with Crippen molar-refractivity contribution in [3.05, 3.63) is 67.0 Å². The van der Waals surface area contributed by atoms with Crippen molar-refractivity contribution < 1.29 is 9.53 Å². The molecule has 0 aliphatic heterocycles. The van der Waals surface area contributed by atoms with Crippen LogP contribution in [-0.4, -0.2) is 32.3 Å². The number of rotatable bonds is 4. The van der Waals surface area contributed by atoms with E-state index in [4.69, 9.17) is 4.74 Å². The second-order valence-electron chi connectivity index (χ2n) is 5.78. The Kier molecular flexibility index (Phi) is 4.49. The maximum atomic E-state index is 12.0. The Hall–Kier alpha value is -3.74. The average Bonchev–Trinajstić information content (AvgIpc) is 3.14. The number of pyridine rings is 2. The molecule has 4 rings (SSSR count). The molecule has 0 saturated carbocycles.